The summed E-state index contributed by atoms with van der Waals surface area (Å²) in [7, 11) is 0. The van der Waals surface area contributed by atoms with Crippen molar-refractivity contribution in [1.29, 1.82) is 0 Å². The number of halogens is 3. The monoisotopic (exact) mass is 311 g/mol. The van der Waals surface area contributed by atoms with Crippen LogP contribution in [0.1, 0.15) is 29.3 Å². The fourth-order valence-corrected chi connectivity index (χ4v) is 1.62. The maximum Gasteiger partial charge on any atom is 0.266 e. The van der Waals surface area contributed by atoms with E-state index in [1.807, 2.05) is 22.6 Å². The maximum atomic E-state index is 12.6. The molecule has 0 radical (unpaired) electrons. The molecule has 0 saturated heterocycles. The predicted octanol–water partition coefficient (Wildman–Crippen LogP) is 3.01. The Kier molecular flexibility index (Phi) is 3.41. The average Bonchev–Trinajstić information content (AvgIpc) is 2.08. The van der Waals surface area contributed by atoms with E-state index < -0.39 is 12.2 Å². The van der Waals surface area contributed by atoms with Crippen LogP contribution in [0.25, 0.3) is 0 Å². The molecule has 0 fully saturated rings. The molecule has 0 unspecified atom stereocenters. The van der Waals surface area contributed by atoms with Gasteiger partial charge in [0.15, 0.2) is 5.78 Å². The first-order valence-electron chi connectivity index (χ1n) is 3.82. The van der Waals surface area contributed by atoms with Gasteiger partial charge in [-0.3, -0.25) is 4.79 Å². The first-order chi connectivity index (χ1) is 6.45. The minimum absolute atomic E-state index is 0.00193. The quantitative estimate of drug-likeness (QED) is 0.518. The smallest absolute Gasteiger partial charge is 0.266 e. The first-order valence-corrected chi connectivity index (χ1v) is 4.90. The molecule has 14 heavy (non-hydrogen) atoms. The van der Waals surface area contributed by atoms with Crippen molar-refractivity contribution in [3.05, 3.63) is 26.8 Å². The van der Waals surface area contributed by atoms with Crippen LogP contribution in [-0.2, 0) is 0 Å². The summed E-state index contributed by atoms with van der Waals surface area (Å²) in [6, 6.07) is 2.93. The van der Waals surface area contributed by atoms with Crippen LogP contribution >= 0.6 is 22.6 Å². The van der Waals surface area contributed by atoms with Gasteiger partial charge in [-0.05, 0) is 41.6 Å². The number of anilines is 1. The van der Waals surface area contributed by atoms with E-state index in [1.54, 1.807) is 6.07 Å². The van der Waals surface area contributed by atoms with E-state index in [-0.39, 0.29) is 16.8 Å². The molecule has 0 aliphatic rings. The molecule has 2 N–H and O–H groups in total. The molecule has 0 aliphatic heterocycles. The third-order valence-electron chi connectivity index (χ3n) is 1.83. The van der Waals surface area contributed by atoms with Crippen molar-refractivity contribution in [1.82, 2.24) is 0 Å². The lowest BCUT2D eigenvalue weighted by Crippen LogP contribution is -2.06. The largest absolute Gasteiger partial charge is 0.397 e. The Morgan fingerprint density at radius 2 is 2.07 bits per heavy atom. The SMILES string of the molecule is CC(=O)c1ccc(I)c(N)c1C(F)F. The third-order valence-corrected chi connectivity index (χ3v) is 2.77. The number of carbonyl (C=O) groups is 1. The van der Waals surface area contributed by atoms with Crippen molar-refractivity contribution in [2.75, 3.05) is 5.73 Å². The minimum Gasteiger partial charge on any atom is -0.397 e. The number of rotatable bonds is 2. The maximum absolute atomic E-state index is 12.6. The molecule has 76 valence electrons. The zero-order chi connectivity index (χ0) is 10.9. The summed E-state index contributed by atoms with van der Waals surface area (Å²) in [5.41, 5.74) is 5.12. The molecule has 1 aromatic rings. The van der Waals surface area contributed by atoms with Gasteiger partial charge in [0.25, 0.3) is 6.43 Å². The van der Waals surface area contributed by atoms with Crippen LogP contribution in [-0.4, -0.2) is 5.78 Å². The van der Waals surface area contributed by atoms with Gasteiger partial charge >= 0.3 is 0 Å². The van der Waals surface area contributed by atoms with Crippen molar-refractivity contribution in [2.24, 2.45) is 0 Å². The van der Waals surface area contributed by atoms with Crippen molar-refractivity contribution in [2.45, 2.75) is 13.3 Å². The zero-order valence-electron chi connectivity index (χ0n) is 7.35. The molecular formula is C9H8F2INO. The van der Waals surface area contributed by atoms with Gasteiger partial charge in [0.05, 0.1) is 11.3 Å². The summed E-state index contributed by atoms with van der Waals surface area (Å²) in [6.07, 6.45) is -2.72. The Labute approximate surface area is 93.6 Å². The Morgan fingerprint density at radius 3 is 2.50 bits per heavy atom. The normalized spacial score (nSPS) is 10.6. The number of ketones is 1. The molecular weight excluding hydrogens is 303 g/mol. The summed E-state index contributed by atoms with van der Waals surface area (Å²) in [6.45, 7) is 1.24. The molecule has 1 aromatic carbocycles. The van der Waals surface area contributed by atoms with E-state index in [1.165, 1.54) is 13.0 Å². The summed E-state index contributed by atoms with van der Waals surface area (Å²) in [5, 5.41) is 0. The molecule has 0 aromatic heterocycles. The second-order valence-corrected chi connectivity index (χ2v) is 3.94. The Morgan fingerprint density at radius 1 is 1.50 bits per heavy atom. The predicted molar refractivity (Wildman–Crippen MR) is 58.5 cm³/mol. The van der Waals surface area contributed by atoms with Gasteiger partial charge < -0.3 is 5.73 Å². The van der Waals surface area contributed by atoms with Crippen molar-refractivity contribution in [3.8, 4) is 0 Å². The van der Waals surface area contributed by atoms with Crippen molar-refractivity contribution >= 4 is 34.1 Å². The van der Waals surface area contributed by atoms with Gasteiger partial charge in [-0.25, -0.2) is 8.78 Å². The topological polar surface area (TPSA) is 43.1 Å². The van der Waals surface area contributed by atoms with E-state index in [4.69, 9.17) is 5.73 Å². The third kappa shape index (κ3) is 2.02. The molecule has 5 heteroatoms. The molecule has 0 saturated carbocycles. The number of hydrogen-bond acceptors (Lipinski definition) is 2. The number of alkyl halides is 2. The van der Waals surface area contributed by atoms with E-state index in [2.05, 4.69) is 0 Å². The summed E-state index contributed by atoms with van der Waals surface area (Å²) >= 11 is 1.85. The van der Waals surface area contributed by atoms with Crippen LogP contribution in [0.4, 0.5) is 14.5 Å². The second-order valence-electron chi connectivity index (χ2n) is 2.78. The Bertz CT molecular complexity index is 379. The second kappa shape index (κ2) is 4.20. The highest BCUT2D eigenvalue weighted by Gasteiger charge is 2.20. The van der Waals surface area contributed by atoms with Crippen LogP contribution in [0.5, 0.6) is 0 Å². The number of hydrogen-bond donors (Lipinski definition) is 1. The Balaban J connectivity index is 3.45. The number of benzene rings is 1. The molecule has 0 heterocycles. The lowest BCUT2D eigenvalue weighted by molar-refractivity contribution is 0.0999. The molecule has 1 rings (SSSR count). The van der Waals surface area contributed by atoms with Crippen LogP contribution in [0, 0.1) is 3.57 Å². The van der Waals surface area contributed by atoms with Gasteiger partial charge in [0, 0.05) is 9.13 Å². The summed E-state index contributed by atoms with van der Waals surface area (Å²) < 4.78 is 25.7. The molecule has 0 atom stereocenters. The lowest BCUT2D eigenvalue weighted by Gasteiger charge is -2.10. The molecule has 2 nitrogen and oxygen atoms in total. The summed E-state index contributed by atoms with van der Waals surface area (Å²) in [5.74, 6) is -0.400. The van der Waals surface area contributed by atoms with Gasteiger partial charge in [0.1, 0.15) is 0 Å². The number of Topliss-reactive ketones (excluding diaryl/α,β-unsaturated/α-hetero) is 1. The highest BCUT2D eigenvalue weighted by Crippen LogP contribution is 2.32. The molecule has 0 spiro atoms. The summed E-state index contributed by atoms with van der Waals surface area (Å²) in [4.78, 5) is 11.0. The molecule has 0 bridgehead atoms. The van der Waals surface area contributed by atoms with E-state index in [0.717, 1.165) is 0 Å². The minimum atomic E-state index is -2.72. The van der Waals surface area contributed by atoms with Gasteiger partial charge in [-0.1, -0.05) is 0 Å². The average molecular weight is 311 g/mol. The molecule has 0 aliphatic carbocycles. The van der Waals surface area contributed by atoms with Crippen molar-refractivity contribution < 1.29 is 13.6 Å². The lowest BCUT2D eigenvalue weighted by atomic mass is 10.0. The Hall–Kier alpha value is -0.720. The van der Waals surface area contributed by atoms with Crippen molar-refractivity contribution in [3.63, 3.8) is 0 Å². The van der Waals surface area contributed by atoms with Crippen LogP contribution in [0.3, 0.4) is 0 Å². The number of carbonyl (C=O) groups excluding carboxylic acids is 1. The fourth-order valence-electron chi connectivity index (χ4n) is 1.15. The first kappa shape index (κ1) is 11.4. The van der Waals surface area contributed by atoms with Crippen LogP contribution in [0.15, 0.2) is 12.1 Å². The number of nitrogens with two attached hydrogens (primary N) is 1. The van der Waals surface area contributed by atoms with Crippen LogP contribution in [0.2, 0.25) is 0 Å². The highest BCUT2D eigenvalue weighted by molar-refractivity contribution is 14.1. The van der Waals surface area contributed by atoms with E-state index >= 15 is 0 Å². The van der Waals surface area contributed by atoms with E-state index in [9.17, 15) is 13.6 Å². The number of nitrogen functional groups attached to an aromatic ring is 1. The van der Waals surface area contributed by atoms with Gasteiger partial charge in [0.2, 0.25) is 0 Å². The molecule has 0 amide bonds. The van der Waals surface area contributed by atoms with Crippen LogP contribution < -0.4 is 5.73 Å². The van der Waals surface area contributed by atoms with E-state index in [0.29, 0.717) is 3.57 Å². The standard InChI is InChI=1S/C9H8F2INO/c1-4(14)5-2-3-6(12)8(13)7(5)9(10)11/h2-3,9H,13H2,1H3. The fraction of sp³-hybridized carbons (Fsp3) is 0.222. The zero-order valence-corrected chi connectivity index (χ0v) is 9.51. The highest BCUT2D eigenvalue weighted by atomic mass is 127. The van der Waals surface area contributed by atoms with Gasteiger partial charge in [-0.15, -0.1) is 0 Å². The van der Waals surface area contributed by atoms with Gasteiger partial charge in [-0.2, -0.15) is 0 Å².